The number of carbonyl (C=O) groups excluding carboxylic acids is 1. The lowest BCUT2D eigenvalue weighted by Gasteiger charge is -2.46. The van der Waals surface area contributed by atoms with E-state index in [4.69, 9.17) is 23.7 Å². The van der Waals surface area contributed by atoms with E-state index in [1.54, 1.807) is 26.0 Å². The summed E-state index contributed by atoms with van der Waals surface area (Å²) in [7, 11) is 0. The molecule has 3 rings (SSSR count). The minimum atomic E-state index is -1.69. The van der Waals surface area contributed by atoms with Gasteiger partial charge in [-0.3, -0.25) is 0 Å². The van der Waals surface area contributed by atoms with E-state index in [0.29, 0.717) is 6.42 Å². The van der Waals surface area contributed by atoms with Gasteiger partial charge < -0.3 is 54.3 Å². The van der Waals surface area contributed by atoms with Crippen molar-refractivity contribution in [1.82, 2.24) is 0 Å². The predicted octanol–water partition coefficient (Wildman–Crippen LogP) is -1.72. The van der Waals surface area contributed by atoms with Crippen LogP contribution < -0.4 is 4.74 Å². The minimum Gasteiger partial charge on any atom is -0.462 e. The van der Waals surface area contributed by atoms with E-state index >= 15 is 0 Å². The fourth-order valence-electron chi connectivity index (χ4n) is 3.91. The van der Waals surface area contributed by atoms with Crippen molar-refractivity contribution in [3.63, 3.8) is 0 Å². The highest BCUT2D eigenvalue weighted by Gasteiger charge is 2.51. The fraction of sp³-hybridized carbons (Fsp3) is 0.682. The predicted molar refractivity (Wildman–Crippen MR) is 113 cm³/mol. The zero-order valence-corrected chi connectivity index (χ0v) is 18.8. The van der Waals surface area contributed by atoms with Crippen molar-refractivity contribution in [3.8, 4) is 5.75 Å². The Labute approximate surface area is 196 Å². The Morgan fingerprint density at radius 3 is 2.18 bits per heavy atom. The molecule has 0 bridgehead atoms. The second-order valence-corrected chi connectivity index (χ2v) is 8.06. The van der Waals surface area contributed by atoms with Crippen LogP contribution in [0.15, 0.2) is 24.3 Å². The molecular formula is C22H32O12. The first kappa shape index (κ1) is 26.7. The van der Waals surface area contributed by atoms with Gasteiger partial charge in [0.25, 0.3) is 0 Å². The van der Waals surface area contributed by atoms with Crippen molar-refractivity contribution in [3.05, 3.63) is 29.8 Å². The minimum absolute atomic E-state index is 0.0298. The molecule has 2 heterocycles. The normalized spacial score (nSPS) is 38.4. The van der Waals surface area contributed by atoms with Crippen molar-refractivity contribution in [2.45, 2.75) is 81.7 Å². The molecule has 12 nitrogen and oxygen atoms in total. The zero-order chi connectivity index (χ0) is 25.0. The Hall–Kier alpha value is -1.87. The van der Waals surface area contributed by atoms with E-state index in [9.17, 15) is 35.4 Å². The van der Waals surface area contributed by atoms with Gasteiger partial charge in [-0.15, -0.1) is 0 Å². The molecule has 12 heteroatoms. The summed E-state index contributed by atoms with van der Waals surface area (Å²) in [6.07, 6.45) is -14.1. The van der Waals surface area contributed by atoms with Gasteiger partial charge in [-0.05, 0) is 25.5 Å². The quantitative estimate of drug-likeness (QED) is 0.228. The van der Waals surface area contributed by atoms with Crippen LogP contribution in [0.5, 0.6) is 5.75 Å². The Kier molecular flexibility index (Phi) is 9.20. The van der Waals surface area contributed by atoms with Crippen LogP contribution in [0.2, 0.25) is 0 Å². The fourth-order valence-corrected chi connectivity index (χ4v) is 3.91. The average Bonchev–Trinajstić information content (AvgIpc) is 2.84. The third-order valence-corrected chi connectivity index (χ3v) is 5.81. The molecule has 2 aliphatic heterocycles. The standard InChI is InChI=1S/C22H32O12/c1-3-11-14(24)15(25)17(27)22(31-11)34-19-13(9-23)33-21(18(28)16(19)26)32-12-8-6-5-7-10(12)20(29)30-4-2/h5-8,11,13-19,21-28H,3-4,9H2,1-2H3/t11-,13-,14+,15+,16-,17-,18-,19-,21-,22+/m1/s1. The SMILES string of the molecule is CCOC(=O)c1ccccc1O[C@@H]1O[C@H](CO)[C@@H](O[C@@H]2O[C@H](CC)[C@H](O)[C@H](O)[C@H]2O)[C@H](O)[C@H]1O. The van der Waals surface area contributed by atoms with Crippen molar-refractivity contribution in [2.75, 3.05) is 13.2 Å². The molecule has 192 valence electrons. The molecule has 0 aromatic heterocycles. The number of carbonyl (C=O) groups is 1. The number of hydrogen-bond donors (Lipinski definition) is 6. The largest absolute Gasteiger partial charge is 0.462 e. The maximum Gasteiger partial charge on any atom is 0.341 e. The monoisotopic (exact) mass is 488 g/mol. The smallest absolute Gasteiger partial charge is 0.341 e. The van der Waals surface area contributed by atoms with E-state index in [1.807, 2.05) is 0 Å². The topological polar surface area (TPSA) is 185 Å². The number of benzene rings is 1. The Morgan fingerprint density at radius 1 is 0.882 bits per heavy atom. The van der Waals surface area contributed by atoms with Crippen LogP contribution in [0.25, 0.3) is 0 Å². The van der Waals surface area contributed by atoms with Crippen LogP contribution in [0, 0.1) is 0 Å². The lowest BCUT2D eigenvalue weighted by Crippen LogP contribution is -2.64. The average molecular weight is 488 g/mol. The van der Waals surface area contributed by atoms with Gasteiger partial charge in [0.1, 0.15) is 54.0 Å². The van der Waals surface area contributed by atoms with E-state index in [0.717, 1.165) is 0 Å². The highest BCUT2D eigenvalue weighted by atomic mass is 16.7. The molecule has 0 amide bonds. The second-order valence-electron chi connectivity index (χ2n) is 8.06. The molecule has 2 saturated heterocycles. The molecule has 0 saturated carbocycles. The van der Waals surface area contributed by atoms with E-state index in [1.165, 1.54) is 12.1 Å². The van der Waals surface area contributed by atoms with Crippen LogP contribution in [0.1, 0.15) is 30.6 Å². The first-order valence-electron chi connectivity index (χ1n) is 11.1. The molecule has 34 heavy (non-hydrogen) atoms. The molecular weight excluding hydrogens is 456 g/mol. The molecule has 0 unspecified atom stereocenters. The maximum atomic E-state index is 12.2. The number of hydrogen-bond acceptors (Lipinski definition) is 12. The molecule has 2 aliphatic rings. The number of rotatable bonds is 8. The molecule has 1 aromatic carbocycles. The molecule has 0 spiro atoms. The molecule has 1 aromatic rings. The van der Waals surface area contributed by atoms with Crippen LogP contribution in [0.3, 0.4) is 0 Å². The summed E-state index contributed by atoms with van der Waals surface area (Å²) in [4.78, 5) is 12.2. The molecule has 6 N–H and O–H groups in total. The van der Waals surface area contributed by atoms with Crippen LogP contribution in [-0.4, -0.2) is 111 Å². The van der Waals surface area contributed by atoms with E-state index < -0.39 is 74.0 Å². The van der Waals surface area contributed by atoms with Gasteiger partial charge in [-0.1, -0.05) is 19.1 Å². The summed E-state index contributed by atoms with van der Waals surface area (Å²) in [5.74, 6) is -0.624. The van der Waals surface area contributed by atoms with Gasteiger partial charge in [-0.25, -0.2) is 4.79 Å². The summed E-state index contributed by atoms with van der Waals surface area (Å²) >= 11 is 0. The summed E-state index contributed by atoms with van der Waals surface area (Å²) in [6, 6.07) is 6.09. The molecule has 0 radical (unpaired) electrons. The van der Waals surface area contributed by atoms with Gasteiger partial charge in [-0.2, -0.15) is 0 Å². The van der Waals surface area contributed by atoms with Gasteiger partial charge in [0.15, 0.2) is 6.29 Å². The van der Waals surface area contributed by atoms with Crippen molar-refractivity contribution < 1.29 is 59.1 Å². The van der Waals surface area contributed by atoms with Crippen LogP contribution in [0.4, 0.5) is 0 Å². The lowest BCUT2D eigenvalue weighted by atomic mass is 9.96. The van der Waals surface area contributed by atoms with Gasteiger partial charge in [0.05, 0.1) is 19.3 Å². The number of aliphatic hydroxyl groups is 6. The van der Waals surface area contributed by atoms with Gasteiger partial charge in [0.2, 0.25) is 6.29 Å². The Morgan fingerprint density at radius 2 is 1.53 bits per heavy atom. The Bertz CT molecular complexity index is 802. The number of esters is 1. The summed E-state index contributed by atoms with van der Waals surface area (Å²) in [5, 5.41) is 61.5. The highest BCUT2D eigenvalue weighted by Crippen LogP contribution is 2.31. The van der Waals surface area contributed by atoms with Crippen molar-refractivity contribution >= 4 is 5.97 Å². The molecule has 10 atom stereocenters. The van der Waals surface area contributed by atoms with Crippen molar-refractivity contribution in [1.29, 1.82) is 0 Å². The third-order valence-electron chi connectivity index (χ3n) is 5.81. The van der Waals surface area contributed by atoms with Crippen LogP contribution >= 0.6 is 0 Å². The van der Waals surface area contributed by atoms with Gasteiger partial charge >= 0.3 is 5.97 Å². The first-order valence-corrected chi connectivity index (χ1v) is 11.1. The number of aliphatic hydroxyl groups excluding tert-OH is 6. The van der Waals surface area contributed by atoms with Crippen molar-refractivity contribution in [2.24, 2.45) is 0 Å². The third kappa shape index (κ3) is 5.51. The number of para-hydroxylation sites is 1. The van der Waals surface area contributed by atoms with E-state index in [-0.39, 0.29) is 17.9 Å². The zero-order valence-electron chi connectivity index (χ0n) is 18.8. The second kappa shape index (κ2) is 11.7. The highest BCUT2D eigenvalue weighted by molar-refractivity contribution is 5.92. The first-order chi connectivity index (χ1) is 16.2. The lowest BCUT2D eigenvalue weighted by molar-refractivity contribution is -0.350. The Balaban J connectivity index is 1.75. The summed E-state index contributed by atoms with van der Waals surface area (Å²) in [6.45, 7) is 2.82. The van der Waals surface area contributed by atoms with Gasteiger partial charge in [0, 0.05) is 0 Å². The molecule has 2 fully saturated rings. The number of ether oxygens (including phenoxy) is 5. The van der Waals surface area contributed by atoms with Crippen LogP contribution in [-0.2, 0) is 18.9 Å². The summed E-state index contributed by atoms with van der Waals surface area (Å²) in [5.41, 5.74) is 0.0745. The maximum absolute atomic E-state index is 12.2. The molecule has 0 aliphatic carbocycles. The summed E-state index contributed by atoms with van der Waals surface area (Å²) < 4.78 is 27.3. The van der Waals surface area contributed by atoms with E-state index in [2.05, 4.69) is 0 Å².